The van der Waals surface area contributed by atoms with Gasteiger partial charge in [0.05, 0.1) is 11.3 Å². The molecule has 26 heavy (non-hydrogen) atoms. The van der Waals surface area contributed by atoms with E-state index in [0.717, 1.165) is 31.7 Å². The molecule has 146 valence electrons. The first-order chi connectivity index (χ1) is 12.1. The van der Waals surface area contributed by atoms with Gasteiger partial charge in [-0.25, -0.2) is 0 Å². The maximum atomic E-state index is 13.1. The molecule has 0 spiro atoms. The molecule has 1 saturated carbocycles. The Morgan fingerprint density at radius 2 is 1.88 bits per heavy atom. The van der Waals surface area contributed by atoms with Gasteiger partial charge in [0.15, 0.2) is 0 Å². The van der Waals surface area contributed by atoms with Crippen molar-refractivity contribution in [2.24, 2.45) is 5.16 Å². The summed E-state index contributed by atoms with van der Waals surface area (Å²) >= 11 is 5.85. The van der Waals surface area contributed by atoms with Crippen molar-refractivity contribution in [1.29, 1.82) is 4.78 Å². The van der Waals surface area contributed by atoms with Gasteiger partial charge in [0.1, 0.15) is 6.10 Å². The Balaban J connectivity index is 0.000000765. The van der Waals surface area contributed by atoms with Gasteiger partial charge >= 0.3 is 16.7 Å². The standard InChI is InChI=1S/C16H19ClF3NO.HNO2S/c1-2-15(21-22-12-6-4-3-5-7-12)13-10-11(17)8-9-14(13)16(18,19)20;1-4(2)3/h8-10,12H,2-7H2,1H3;1H/b21-15+;. The molecule has 0 heterocycles. The highest BCUT2D eigenvalue weighted by Crippen LogP contribution is 2.34. The van der Waals surface area contributed by atoms with E-state index < -0.39 is 22.2 Å². The van der Waals surface area contributed by atoms with Crippen molar-refractivity contribution in [3.63, 3.8) is 0 Å². The normalized spacial score (nSPS) is 15.8. The number of hydrogen-bond donors (Lipinski definition) is 1. The highest BCUT2D eigenvalue weighted by atomic mass is 35.5. The Kier molecular flexibility index (Phi) is 9.07. The first-order valence-electron chi connectivity index (χ1n) is 8.05. The summed E-state index contributed by atoms with van der Waals surface area (Å²) in [6.07, 6.45) is 1.04. The minimum absolute atomic E-state index is 0.00157. The van der Waals surface area contributed by atoms with Crippen LogP contribution in [0.3, 0.4) is 0 Å². The molecule has 1 aliphatic carbocycles. The lowest BCUT2D eigenvalue weighted by atomic mass is 9.98. The third-order valence-corrected chi connectivity index (χ3v) is 4.03. The van der Waals surface area contributed by atoms with Crippen molar-refractivity contribution >= 4 is 27.8 Å². The van der Waals surface area contributed by atoms with Crippen LogP contribution in [0.1, 0.15) is 56.6 Å². The maximum absolute atomic E-state index is 13.1. The van der Waals surface area contributed by atoms with Crippen LogP contribution >= 0.6 is 11.6 Å². The van der Waals surface area contributed by atoms with Gasteiger partial charge in [-0.3, -0.25) is 0 Å². The molecule has 0 aliphatic heterocycles. The predicted octanol–water partition coefficient (Wildman–Crippen LogP) is 5.45. The lowest BCUT2D eigenvalue weighted by Crippen LogP contribution is -2.17. The summed E-state index contributed by atoms with van der Waals surface area (Å²) in [7, 11) is -2.61. The van der Waals surface area contributed by atoms with Gasteiger partial charge in [-0.1, -0.05) is 30.1 Å². The zero-order valence-corrected chi connectivity index (χ0v) is 15.7. The van der Waals surface area contributed by atoms with E-state index in [-0.39, 0.29) is 22.4 Å². The molecule has 0 unspecified atom stereocenters. The van der Waals surface area contributed by atoms with Gasteiger partial charge in [0.25, 0.3) is 0 Å². The van der Waals surface area contributed by atoms with Crippen molar-refractivity contribution in [2.75, 3.05) is 0 Å². The largest absolute Gasteiger partial charge is 0.417 e. The molecule has 10 heteroatoms. The molecule has 1 aromatic carbocycles. The van der Waals surface area contributed by atoms with Crippen molar-refractivity contribution in [3.8, 4) is 0 Å². The summed E-state index contributed by atoms with van der Waals surface area (Å²) in [5.41, 5.74) is -0.455. The number of nitrogens with zero attached hydrogens (tertiary/aromatic N) is 1. The summed E-state index contributed by atoms with van der Waals surface area (Å²) in [6.45, 7) is 1.75. The van der Waals surface area contributed by atoms with Crippen molar-refractivity contribution in [3.05, 3.63) is 34.3 Å². The Hall–Kier alpha value is -1.61. The summed E-state index contributed by atoms with van der Waals surface area (Å²) in [5, 5.41) is 4.26. The van der Waals surface area contributed by atoms with Crippen LogP contribution in [0, 0.1) is 4.78 Å². The molecule has 1 fully saturated rings. The molecular formula is C16H20ClF3N2O3S. The maximum Gasteiger partial charge on any atom is 0.417 e. The van der Waals surface area contributed by atoms with Crippen molar-refractivity contribution in [2.45, 2.75) is 57.7 Å². The second-order valence-electron chi connectivity index (χ2n) is 5.68. The van der Waals surface area contributed by atoms with E-state index in [4.69, 9.17) is 29.6 Å². The minimum Gasteiger partial charge on any atom is -0.392 e. The average Bonchev–Trinajstić information content (AvgIpc) is 2.55. The predicted molar refractivity (Wildman–Crippen MR) is 92.9 cm³/mol. The lowest BCUT2D eigenvalue weighted by Gasteiger charge is -2.20. The molecule has 0 bridgehead atoms. The fourth-order valence-electron chi connectivity index (χ4n) is 2.62. The van der Waals surface area contributed by atoms with E-state index in [1.807, 2.05) is 0 Å². The summed E-state index contributed by atoms with van der Waals surface area (Å²) in [4.78, 5) is 5.48. The second kappa shape index (κ2) is 10.5. The first kappa shape index (κ1) is 22.4. The topological polar surface area (TPSA) is 79.6 Å². The van der Waals surface area contributed by atoms with Crippen LogP contribution in [0.5, 0.6) is 0 Å². The number of halogens is 4. The molecular weight excluding hydrogens is 393 g/mol. The molecule has 2 rings (SSSR count). The van der Waals surface area contributed by atoms with E-state index in [9.17, 15) is 13.2 Å². The van der Waals surface area contributed by atoms with Gasteiger partial charge in [-0.05, 0) is 50.3 Å². The first-order valence-corrected chi connectivity index (χ1v) is 9.50. The third kappa shape index (κ3) is 7.74. The SMILES string of the molecule is CC/C(=N\OC1CCCCC1)c1cc(Cl)ccc1C(F)(F)F.N=S(=O)=O. The van der Waals surface area contributed by atoms with Crippen LogP contribution < -0.4 is 0 Å². The van der Waals surface area contributed by atoms with Crippen LogP contribution in [-0.4, -0.2) is 20.2 Å². The fourth-order valence-corrected chi connectivity index (χ4v) is 2.79. The Morgan fingerprint density at radius 3 is 2.38 bits per heavy atom. The van der Waals surface area contributed by atoms with Crippen molar-refractivity contribution < 1.29 is 26.4 Å². The Morgan fingerprint density at radius 1 is 1.31 bits per heavy atom. The van der Waals surface area contributed by atoms with E-state index in [1.165, 1.54) is 18.6 Å². The molecule has 1 aliphatic rings. The summed E-state index contributed by atoms with van der Waals surface area (Å²) in [5.74, 6) is 0. The van der Waals surface area contributed by atoms with E-state index in [2.05, 4.69) is 5.16 Å². The van der Waals surface area contributed by atoms with Crippen LogP contribution in [0.2, 0.25) is 5.02 Å². The lowest BCUT2D eigenvalue weighted by molar-refractivity contribution is -0.137. The van der Waals surface area contributed by atoms with E-state index in [0.29, 0.717) is 6.42 Å². The smallest absolute Gasteiger partial charge is 0.392 e. The Bertz CT molecular complexity index is 724. The highest BCUT2D eigenvalue weighted by molar-refractivity contribution is 7.60. The molecule has 1 aromatic rings. The van der Waals surface area contributed by atoms with Gasteiger partial charge in [0, 0.05) is 10.6 Å². The molecule has 1 N–H and O–H groups in total. The Labute approximate surface area is 156 Å². The number of hydrogen-bond acceptors (Lipinski definition) is 5. The zero-order valence-electron chi connectivity index (χ0n) is 14.1. The van der Waals surface area contributed by atoms with Crippen molar-refractivity contribution in [1.82, 2.24) is 0 Å². The van der Waals surface area contributed by atoms with Gasteiger partial charge in [-0.2, -0.15) is 26.4 Å². The molecule has 0 saturated heterocycles. The number of benzene rings is 1. The zero-order chi connectivity index (χ0) is 19.7. The molecule has 0 atom stereocenters. The second-order valence-corrected chi connectivity index (χ2v) is 6.59. The third-order valence-electron chi connectivity index (χ3n) is 3.80. The monoisotopic (exact) mass is 412 g/mol. The van der Waals surface area contributed by atoms with Crippen LogP contribution in [-0.2, 0) is 21.5 Å². The van der Waals surface area contributed by atoms with Gasteiger partial charge in [-0.15, -0.1) is 0 Å². The van der Waals surface area contributed by atoms with Crippen LogP contribution in [0.15, 0.2) is 23.4 Å². The van der Waals surface area contributed by atoms with Gasteiger partial charge in [0.2, 0.25) is 0 Å². The number of alkyl halides is 3. The summed E-state index contributed by atoms with van der Waals surface area (Å²) < 4.78 is 62.2. The minimum atomic E-state index is -4.44. The molecule has 0 radical (unpaired) electrons. The summed E-state index contributed by atoms with van der Waals surface area (Å²) in [6, 6.07) is 3.53. The quantitative estimate of drug-likeness (QED) is 0.527. The van der Waals surface area contributed by atoms with E-state index >= 15 is 0 Å². The van der Waals surface area contributed by atoms with Crippen LogP contribution in [0.4, 0.5) is 13.2 Å². The number of nitrogens with one attached hydrogen (secondary N) is 1. The number of oxime groups is 1. The average molecular weight is 413 g/mol. The van der Waals surface area contributed by atoms with E-state index in [1.54, 1.807) is 6.92 Å². The number of rotatable bonds is 4. The highest BCUT2D eigenvalue weighted by Gasteiger charge is 2.34. The molecule has 0 amide bonds. The van der Waals surface area contributed by atoms with Gasteiger partial charge < -0.3 is 4.84 Å². The van der Waals surface area contributed by atoms with Crippen LogP contribution in [0.25, 0.3) is 0 Å². The molecule has 0 aromatic heterocycles. The fraction of sp³-hybridized carbons (Fsp3) is 0.562. The molecule has 5 nitrogen and oxygen atoms in total.